The maximum atomic E-state index is 13.6. The van der Waals surface area contributed by atoms with Crippen molar-refractivity contribution in [3.05, 3.63) is 68.9 Å². The molecule has 2 aromatic rings. The summed E-state index contributed by atoms with van der Waals surface area (Å²) in [4.78, 5) is 11.9. The maximum Gasteiger partial charge on any atom is 0.248 e. The average molecular weight is 369 g/mol. The minimum absolute atomic E-state index is 0.192. The average Bonchev–Trinajstić information content (AvgIpc) is 2.41. The Morgan fingerprint density at radius 2 is 2.10 bits per heavy atom. The van der Waals surface area contributed by atoms with Crippen LogP contribution in [-0.2, 0) is 4.79 Å². The van der Waals surface area contributed by atoms with Crippen LogP contribution in [0.4, 0.5) is 10.1 Å². The van der Waals surface area contributed by atoms with Crippen molar-refractivity contribution >= 4 is 45.2 Å². The normalized spacial score (nSPS) is 10.9. The van der Waals surface area contributed by atoms with Crippen molar-refractivity contribution in [3.63, 3.8) is 0 Å². The van der Waals surface area contributed by atoms with E-state index in [1.165, 1.54) is 24.3 Å². The zero-order valence-corrected chi connectivity index (χ0v) is 13.5. The van der Waals surface area contributed by atoms with E-state index in [1.54, 1.807) is 12.1 Å². The summed E-state index contributed by atoms with van der Waals surface area (Å²) in [6.45, 7) is 1.95. The molecule has 1 amide bonds. The van der Waals surface area contributed by atoms with Gasteiger partial charge in [0.1, 0.15) is 5.82 Å². The second-order valence-electron chi connectivity index (χ2n) is 4.44. The summed E-state index contributed by atoms with van der Waals surface area (Å²) < 4.78 is 14.3. The molecule has 2 rings (SSSR count). The molecule has 0 atom stereocenters. The van der Waals surface area contributed by atoms with Crippen LogP contribution < -0.4 is 5.32 Å². The minimum atomic E-state index is -0.469. The molecule has 2 aromatic carbocycles. The van der Waals surface area contributed by atoms with Crippen LogP contribution in [0.3, 0.4) is 0 Å². The molecular formula is C16H12BrClFNO. The van der Waals surface area contributed by atoms with Crippen LogP contribution in [0.15, 0.2) is 46.9 Å². The van der Waals surface area contributed by atoms with Crippen LogP contribution in [0.25, 0.3) is 6.08 Å². The largest absolute Gasteiger partial charge is 0.321 e. The van der Waals surface area contributed by atoms with Gasteiger partial charge in [0.25, 0.3) is 0 Å². The van der Waals surface area contributed by atoms with E-state index < -0.39 is 5.82 Å². The Kier molecular flexibility index (Phi) is 5.15. The number of hydrogen-bond acceptors (Lipinski definition) is 1. The third kappa shape index (κ3) is 4.16. The molecule has 0 fully saturated rings. The zero-order valence-electron chi connectivity index (χ0n) is 11.2. The SMILES string of the molecule is Cc1ccc(NC(=O)/C=C/c2c(F)cccc2Cl)c(Br)c1. The van der Waals surface area contributed by atoms with Crippen LogP contribution in [-0.4, -0.2) is 5.91 Å². The third-order valence-corrected chi connectivity index (χ3v) is 3.77. The molecule has 21 heavy (non-hydrogen) atoms. The fourth-order valence-corrected chi connectivity index (χ4v) is 2.54. The molecule has 0 saturated heterocycles. The molecule has 5 heteroatoms. The molecule has 0 bridgehead atoms. The first kappa shape index (κ1) is 15.7. The highest BCUT2D eigenvalue weighted by Gasteiger charge is 2.05. The molecule has 0 saturated carbocycles. The summed E-state index contributed by atoms with van der Waals surface area (Å²) in [5.41, 5.74) is 1.92. The second-order valence-corrected chi connectivity index (χ2v) is 5.70. The van der Waals surface area contributed by atoms with Crippen molar-refractivity contribution in [1.82, 2.24) is 0 Å². The van der Waals surface area contributed by atoms with Gasteiger partial charge in [-0.15, -0.1) is 0 Å². The Balaban J connectivity index is 2.13. The molecule has 0 aliphatic carbocycles. The lowest BCUT2D eigenvalue weighted by Crippen LogP contribution is -2.08. The summed E-state index contributed by atoms with van der Waals surface area (Å²) in [6, 6.07) is 9.95. The summed E-state index contributed by atoms with van der Waals surface area (Å²) in [5, 5.41) is 2.97. The lowest BCUT2D eigenvalue weighted by atomic mass is 10.2. The summed E-state index contributed by atoms with van der Waals surface area (Å²) in [6.07, 6.45) is 2.60. The van der Waals surface area contributed by atoms with E-state index in [0.29, 0.717) is 5.69 Å². The number of rotatable bonds is 3. The summed E-state index contributed by atoms with van der Waals surface area (Å²) >= 11 is 9.26. The number of anilines is 1. The van der Waals surface area contributed by atoms with E-state index in [0.717, 1.165) is 10.0 Å². The standard InChI is InChI=1S/C16H12BrClFNO/c1-10-5-7-15(12(17)9-10)20-16(21)8-6-11-13(18)3-2-4-14(11)19/h2-9H,1H3,(H,20,21)/b8-6+. The fraction of sp³-hybridized carbons (Fsp3) is 0.0625. The van der Waals surface area contributed by atoms with Gasteiger partial charge in [-0.2, -0.15) is 0 Å². The molecule has 1 N–H and O–H groups in total. The zero-order chi connectivity index (χ0) is 15.4. The van der Waals surface area contributed by atoms with Gasteiger partial charge in [0.15, 0.2) is 0 Å². The van der Waals surface area contributed by atoms with Crippen LogP contribution in [0.5, 0.6) is 0 Å². The highest BCUT2D eigenvalue weighted by atomic mass is 79.9. The predicted octanol–water partition coefficient (Wildman–Crippen LogP) is 5.20. The van der Waals surface area contributed by atoms with E-state index in [2.05, 4.69) is 21.2 Å². The van der Waals surface area contributed by atoms with E-state index in [9.17, 15) is 9.18 Å². The van der Waals surface area contributed by atoms with Crippen molar-refractivity contribution in [2.75, 3.05) is 5.32 Å². The first-order valence-electron chi connectivity index (χ1n) is 6.16. The predicted molar refractivity (Wildman–Crippen MR) is 88.0 cm³/mol. The van der Waals surface area contributed by atoms with Gasteiger partial charge in [-0.05, 0) is 58.8 Å². The molecule has 0 aliphatic rings. The van der Waals surface area contributed by atoms with Gasteiger partial charge in [0.05, 0.1) is 10.7 Å². The maximum absolute atomic E-state index is 13.6. The first-order chi connectivity index (χ1) is 9.97. The smallest absolute Gasteiger partial charge is 0.248 e. The van der Waals surface area contributed by atoms with Crippen LogP contribution in [0.1, 0.15) is 11.1 Å². The number of halogens is 3. The number of nitrogens with one attached hydrogen (secondary N) is 1. The highest BCUT2D eigenvalue weighted by Crippen LogP contribution is 2.24. The Bertz CT molecular complexity index is 695. The van der Waals surface area contributed by atoms with Crippen LogP contribution in [0, 0.1) is 12.7 Å². The monoisotopic (exact) mass is 367 g/mol. The molecule has 0 aromatic heterocycles. The summed E-state index contributed by atoms with van der Waals surface area (Å²) in [5.74, 6) is -0.832. The topological polar surface area (TPSA) is 29.1 Å². The second kappa shape index (κ2) is 6.87. The number of carbonyl (C=O) groups excluding carboxylic acids is 1. The number of hydrogen-bond donors (Lipinski definition) is 1. The van der Waals surface area contributed by atoms with Crippen molar-refractivity contribution < 1.29 is 9.18 Å². The molecule has 108 valence electrons. The molecule has 0 aliphatic heterocycles. The van der Waals surface area contributed by atoms with Crippen LogP contribution >= 0.6 is 27.5 Å². The molecule has 0 unspecified atom stereocenters. The minimum Gasteiger partial charge on any atom is -0.321 e. The quantitative estimate of drug-likeness (QED) is 0.741. The number of benzene rings is 2. The van der Waals surface area contributed by atoms with Crippen molar-refractivity contribution in [1.29, 1.82) is 0 Å². The lowest BCUT2D eigenvalue weighted by molar-refractivity contribution is -0.111. The Morgan fingerprint density at radius 3 is 2.76 bits per heavy atom. The fourth-order valence-electron chi connectivity index (χ4n) is 1.72. The molecular weight excluding hydrogens is 357 g/mol. The van der Waals surface area contributed by atoms with E-state index in [1.807, 2.05) is 19.1 Å². The first-order valence-corrected chi connectivity index (χ1v) is 7.33. The highest BCUT2D eigenvalue weighted by molar-refractivity contribution is 9.10. The van der Waals surface area contributed by atoms with Crippen molar-refractivity contribution in [2.24, 2.45) is 0 Å². The van der Waals surface area contributed by atoms with E-state index in [4.69, 9.17) is 11.6 Å². The van der Waals surface area contributed by atoms with E-state index in [-0.39, 0.29) is 16.5 Å². The molecule has 0 spiro atoms. The van der Waals surface area contributed by atoms with E-state index >= 15 is 0 Å². The van der Waals surface area contributed by atoms with Gasteiger partial charge < -0.3 is 5.32 Å². The Hall–Kier alpha value is -1.65. The van der Waals surface area contributed by atoms with Gasteiger partial charge in [-0.3, -0.25) is 4.79 Å². The number of carbonyl (C=O) groups is 1. The Morgan fingerprint density at radius 1 is 1.33 bits per heavy atom. The van der Waals surface area contributed by atoms with Gasteiger partial charge >= 0.3 is 0 Å². The Labute approximate surface area is 135 Å². The molecule has 2 nitrogen and oxygen atoms in total. The molecule has 0 heterocycles. The number of aryl methyl sites for hydroxylation is 1. The van der Waals surface area contributed by atoms with Gasteiger partial charge in [-0.25, -0.2) is 4.39 Å². The van der Waals surface area contributed by atoms with Gasteiger partial charge in [0.2, 0.25) is 5.91 Å². The van der Waals surface area contributed by atoms with Crippen molar-refractivity contribution in [3.8, 4) is 0 Å². The molecule has 0 radical (unpaired) electrons. The number of amides is 1. The van der Waals surface area contributed by atoms with Crippen LogP contribution in [0.2, 0.25) is 5.02 Å². The van der Waals surface area contributed by atoms with Gasteiger partial charge in [-0.1, -0.05) is 23.7 Å². The lowest BCUT2D eigenvalue weighted by Gasteiger charge is -2.06. The third-order valence-electron chi connectivity index (χ3n) is 2.78. The van der Waals surface area contributed by atoms with Gasteiger partial charge in [0, 0.05) is 16.1 Å². The van der Waals surface area contributed by atoms with Crippen molar-refractivity contribution in [2.45, 2.75) is 6.92 Å². The summed E-state index contributed by atoms with van der Waals surface area (Å²) in [7, 11) is 0.